The first-order valence-corrected chi connectivity index (χ1v) is 13.5. The second kappa shape index (κ2) is 10.9. The minimum absolute atomic E-state index is 0.0323. The summed E-state index contributed by atoms with van der Waals surface area (Å²) >= 11 is 0. The van der Waals surface area contributed by atoms with Gasteiger partial charge in [-0.15, -0.1) is 0 Å². The topological polar surface area (TPSA) is 120 Å². The Kier molecular flexibility index (Phi) is 7.09. The van der Waals surface area contributed by atoms with Gasteiger partial charge in [-0.25, -0.2) is 13.2 Å². The van der Waals surface area contributed by atoms with Crippen molar-refractivity contribution in [2.24, 2.45) is 11.7 Å². The van der Waals surface area contributed by atoms with Gasteiger partial charge in [0.1, 0.15) is 29.7 Å². The van der Waals surface area contributed by atoms with Crippen molar-refractivity contribution >= 4 is 18.1 Å². The van der Waals surface area contributed by atoms with E-state index in [1.165, 1.54) is 30.5 Å². The van der Waals surface area contributed by atoms with E-state index in [2.05, 4.69) is 15.4 Å². The number of aldehydes is 1. The zero-order valence-corrected chi connectivity index (χ0v) is 22.3. The number of pyridine rings is 1. The van der Waals surface area contributed by atoms with Crippen molar-refractivity contribution in [3.63, 3.8) is 0 Å². The van der Waals surface area contributed by atoms with Gasteiger partial charge in [0.05, 0.1) is 17.3 Å². The SMILES string of the molecule is NC(=O)c1cc(-c2cccnc2C(Cc2cc(F)cc(F)c2)NC(=O)Cn2nc(C=O)c3c2C2CC(C3)C2)ccc1F. The molecular formula is C31H26F3N5O3. The first kappa shape index (κ1) is 27.4. The Balaban J connectivity index is 1.36. The summed E-state index contributed by atoms with van der Waals surface area (Å²) in [5.74, 6) is -2.95. The van der Waals surface area contributed by atoms with Crippen LogP contribution in [0.4, 0.5) is 13.2 Å². The fourth-order valence-corrected chi connectivity index (χ4v) is 6.20. The first-order chi connectivity index (χ1) is 20.2. The summed E-state index contributed by atoms with van der Waals surface area (Å²) in [7, 11) is 0. The van der Waals surface area contributed by atoms with Crippen LogP contribution in [-0.4, -0.2) is 32.9 Å². The summed E-state index contributed by atoms with van der Waals surface area (Å²) < 4.78 is 44.0. The molecule has 11 heteroatoms. The van der Waals surface area contributed by atoms with Gasteiger partial charge >= 0.3 is 0 Å². The molecule has 42 heavy (non-hydrogen) atoms. The third-order valence-electron chi connectivity index (χ3n) is 8.05. The molecule has 3 N–H and O–H groups in total. The van der Waals surface area contributed by atoms with E-state index in [1.807, 2.05) is 0 Å². The molecule has 8 nitrogen and oxygen atoms in total. The Bertz CT molecular complexity index is 1710. The summed E-state index contributed by atoms with van der Waals surface area (Å²) in [6.07, 6.45) is 4.93. The zero-order valence-electron chi connectivity index (χ0n) is 22.3. The molecule has 0 radical (unpaired) electrons. The molecule has 3 aliphatic carbocycles. The second-order valence-corrected chi connectivity index (χ2v) is 10.9. The van der Waals surface area contributed by atoms with E-state index in [0.717, 1.165) is 42.7 Å². The molecule has 1 saturated carbocycles. The van der Waals surface area contributed by atoms with Crippen LogP contribution in [0.25, 0.3) is 11.1 Å². The van der Waals surface area contributed by atoms with Gasteiger partial charge in [0, 0.05) is 35.0 Å². The van der Waals surface area contributed by atoms with Crippen molar-refractivity contribution in [3.05, 3.63) is 106 Å². The molecule has 0 spiro atoms. The average Bonchev–Trinajstić information content (AvgIpc) is 3.30. The van der Waals surface area contributed by atoms with Crippen molar-refractivity contribution in [1.82, 2.24) is 20.1 Å². The van der Waals surface area contributed by atoms with Crippen LogP contribution in [-0.2, 0) is 24.2 Å². The number of nitrogens with two attached hydrogens (primary N) is 1. The highest BCUT2D eigenvalue weighted by Gasteiger charge is 2.41. The van der Waals surface area contributed by atoms with Crippen LogP contribution in [0, 0.1) is 23.4 Å². The highest BCUT2D eigenvalue weighted by atomic mass is 19.1. The standard InChI is InChI=1S/C31H26F3N5O3/c32-20-8-17(9-21(33)13-20)11-26(29-22(2-1-5-36-29)18-3-4-25(34)23(12-18)31(35)42)37-28(41)14-39-30-19-6-16(7-19)10-24(30)27(15-40)38-39/h1-5,8-9,12-13,15-16,19,26H,6-7,10-11,14H2,(H2,35,42)(H,37,41). The Labute approximate surface area is 238 Å². The van der Waals surface area contributed by atoms with Gasteiger partial charge in [0.25, 0.3) is 5.91 Å². The first-order valence-electron chi connectivity index (χ1n) is 13.5. The summed E-state index contributed by atoms with van der Waals surface area (Å²) in [6.45, 7) is -0.171. The van der Waals surface area contributed by atoms with Crippen LogP contribution in [0.2, 0.25) is 0 Å². The van der Waals surface area contributed by atoms with Crippen molar-refractivity contribution in [1.29, 1.82) is 0 Å². The Morgan fingerprint density at radius 1 is 1.10 bits per heavy atom. The smallest absolute Gasteiger partial charge is 0.251 e. The van der Waals surface area contributed by atoms with Gasteiger partial charge in [-0.3, -0.25) is 24.0 Å². The van der Waals surface area contributed by atoms with E-state index >= 15 is 0 Å². The number of carbonyl (C=O) groups excluding carboxylic acids is 3. The van der Waals surface area contributed by atoms with E-state index in [1.54, 1.807) is 16.8 Å². The molecule has 3 aliphatic rings. The molecule has 214 valence electrons. The molecule has 2 heterocycles. The van der Waals surface area contributed by atoms with Crippen LogP contribution >= 0.6 is 0 Å². The van der Waals surface area contributed by atoms with Gasteiger partial charge in [0.2, 0.25) is 5.91 Å². The quantitative estimate of drug-likeness (QED) is 0.287. The predicted octanol–water partition coefficient (Wildman–Crippen LogP) is 4.42. The lowest BCUT2D eigenvalue weighted by Crippen LogP contribution is -2.36. The lowest BCUT2D eigenvalue weighted by atomic mass is 9.64. The molecule has 2 amide bonds. The summed E-state index contributed by atoms with van der Waals surface area (Å²) in [5.41, 5.74) is 8.64. The van der Waals surface area contributed by atoms with Gasteiger partial charge in [-0.1, -0.05) is 12.1 Å². The minimum atomic E-state index is -0.949. The summed E-state index contributed by atoms with van der Waals surface area (Å²) in [4.78, 5) is 41.5. The maximum absolute atomic E-state index is 14.2. The Hall–Kier alpha value is -4.80. The molecule has 4 aromatic rings. The van der Waals surface area contributed by atoms with Gasteiger partial charge in [0.15, 0.2) is 6.29 Å². The van der Waals surface area contributed by atoms with E-state index in [0.29, 0.717) is 34.7 Å². The molecule has 7 rings (SSSR count). The monoisotopic (exact) mass is 573 g/mol. The fourth-order valence-electron chi connectivity index (χ4n) is 6.20. The predicted molar refractivity (Wildman–Crippen MR) is 146 cm³/mol. The van der Waals surface area contributed by atoms with E-state index < -0.39 is 35.3 Å². The number of rotatable bonds is 9. The number of nitrogens with one attached hydrogen (secondary N) is 1. The van der Waals surface area contributed by atoms with Gasteiger partial charge in [-0.05, 0) is 73.1 Å². The molecule has 2 aromatic heterocycles. The van der Waals surface area contributed by atoms with Crippen molar-refractivity contribution in [2.45, 2.75) is 44.2 Å². The molecule has 1 fully saturated rings. The molecular weight excluding hydrogens is 547 g/mol. The number of amides is 2. The Morgan fingerprint density at radius 3 is 2.57 bits per heavy atom. The third kappa shape index (κ3) is 5.17. The van der Waals surface area contributed by atoms with Crippen LogP contribution < -0.4 is 11.1 Å². The number of primary amides is 1. The van der Waals surface area contributed by atoms with Crippen LogP contribution in [0.1, 0.15) is 68.2 Å². The highest BCUT2D eigenvalue weighted by Crippen LogP contribution is 2.50. The second-order valence-electron chi connectivity index (χ2n) is 10.9. The normalized spacial score (nSPS) is 17.6. The van der Waals surface area contributed by atoms with Gasteiger partial charge in [-0.2, -0.15) is 5.10 Å². The number of hydrogen-bond donors (Lipinski definition) is 2. The maximum atomic E-state index is 14.2. The van der Waals surface area contributed by atoms with Crippen LogP contribution in [0.5, 0.6) is 0 Å². The van der Waals surface area contributed by atoms with Crippen molar-refractivity contribution < 1.29 is 27.6 Å². The zero-order chi connectivity index (χ0) is 29.5. The maximum Gasteiger partial charge on any atom is 0.251 e. The number of carbonyl (C=O) groups is 3. The van der Waals surface area contributed by atoms with E-state index in [9.17, 15) is 27.6 Å². The largest absolute Gasteiger partial charge is 0.366 e. The lowest BCUT2D eigenvalue weighted by molar-refractivity contribution is -0.122. The highest BCUT2D eigenvalue weighted by molar-refractivity contribution is 5.94. The van der Waals surface area contributed by atoms with Crippen LogP contribution in [0.15, 0.2) is 54.7 Å². The third-order valence-corrected chi connectivity index (χ3v) is 8.05. The summed E-state index contributed by atoms with van der Waals surface area (Å²) in [5, 5.41) is 7.34. The fraction of sp³-hybridized carbons (Fsp3) is 0.258. The summed E-state index contributed by atoms with van der Waals surface area (Å²) in [6, 6.07) is 9.37. The number of nitrogens with zero attached hydrogens (tertiary/aromatic N) is 3. The molecule has 1 atom stereocenters. The van der Waals surface area contributed by atoms with Crippen molar-refractivity contribution in [2.75, 3.05) is 0 Å². The average molecular weight is 574 g/mol. The van der Waals surface area contributed by atoms with Crippen LogP contribution in [0.3, 0.4) is 0 Å². The van der Waals surface area contributed by atoms with E-state index in [-0.39, 0.29) is 30.0 Å². The minimum Gasteiger partial charge on any atom is -0.366 e. The number of aromatic nitrogens is 3. The van der Waals surface area contributed by atoms with E-state index in [4.69, 9.17) is 5.73 Å². The molecule has 2 aromatic carbocycles. The van der Waals surface area contributed by atoms with Gasteiger partial charge < -0.3 is 11.1 Å². The molecule has 1 unspecified atom stereocenters. The molecule has 0 saturated heterocycles. The van der Waals surface area contributed by atoms with Crippen molar-refractivity contribution in [3.8, 4) is 11.1 Å². The number of hydrogen-bond acceptors (Lipinski definition) is 5. The number of benzene rings is 2. The molecule has 2 bridgehead atoms. The number of halogens is 3. The lowest BCUT2D eigenvalue weighted by Gasteiger charge is -2.41. The molecule has 0 aliphatic heterocycles. The Morgan fingerprint density at radius 2 is 1.86 bits per heavy atom.